The average molecular weight is 256 g/mol. The molecule has 0 bridgehead atoms. The van der Waals surface area contributed by atoms with Crippen LogP contribution in [0.2, 0.25) is 0 Å². The largest absolute Gasteiger partial charge is 0.481 e. The van der Waals surface area contributed by atoms with Gasteiger partial charge in [-0.15, -0.1) is 0 Å². The fourth-order valence-corrected chi connectivity index (χ4v) is 3.13. The highest BCUT2D eigenvalue weighted by molar-refractivity contribution is 7.99. The summed E-state index contributed by atoms with van der Waals surface area (Å²) in [5.74, 6) is 1.72. The topological polar surface area (TPSA) is 76.2 Å². The Morgan fingerprint density at radius 2 is 2.53 bits per heavy atom. The van der Waals surface area contributed by atoms with Crippen LogP contribution in [0.1, 0.15) is 43.2 Å². The summed E-state index contributed by atoms with van der Waals surface area (Å²) in [6, 6.07) is 0. The number of thioether (sulfide) groups is 1. The zero-order valence-corrected chi connectivity index (χ0v) is 10.6. The molecule has 0 aliphatic carbocycles. The molecule has 0 aromatic carbocycles. The first kappa shape index (κ1) is 12.4. The number of carbonyl (C=O) groups is 1. The van der Waals surface area contributed by atoms with Crippen molar-refractivity contribution < 1.29 is 14.4 Å². The molecule has 5 nitrogen and oxygen atoms in total. The molecule has 0 spiro atoms. The van der Waals surface area contributed by atoms with Gasteiger partial charge in [-0.25, -0.2) is 0 Å². The zero-order chi connectivity index (χ0) is 12.3. The number of carboxylic acids is 1. The predicted molar refractivity (Wildman–Crippen MR) is 63.9 cm³/mol. The zero-order valence-electron chi connectivity index (χ0n) is 9.76. The van der Waals surface area contributed by atoms with Gasteiger partial charge in [-0.3, -0.25) is 4.79 Å². The molecule has 1 aromatic rings. The molecule has 0 saturated carbocycles. The van der Waals surface area contributed by atoms with Crippen molar-refractivity contribution in [2.45, 2.75) is 37.9 Å². The molecule has 2 atom stereocenters. The Kier molecular flexibility index (Phi) is 4.04. The van der Waals surface area contributed by atoms with Crippen molar-refractivity contribution in [3.8, 4) is 0 Å². The SMILES string of the molecule is CC(CC(=O)O)Cc1nc(C2CCCS2)no1. The van der Waals surface area contributed by atoms with Crippen molar-refractivity contribution in [3.63, 3.8) is 0 Å². The van der Waals surface area contributed by atoms with Crippen molar-refractivity contribution in [1.29, 1.82) is 0 Å². The van der Waals surface area contributed by atoms with E-state index in [9.17, 15) is 4.79 Å². The van der Waals surface area contributed by atoms with Crippen LogP contribution in [0.5, 0.6) is 0 Å². The molecule has 0 amide bonds. The minimum Gasteiger partial charge on any atom is -0.481 e. The summed E-state index contributed by atoms with van der Waals surface area (Å²) in [5.41, 5.74) is 0. The Labute approximate surface area is 104 Å². The van der Waals surface area contributed by atoms with E-state index in [1.165, 1.54) is 6.42 Å². The highest BCUT2D eigenvalue weighted by Gasteiger charge is 2.23. The standard InChI is InChI=1S/C11H16N2O3S/c1-7(6-10(14)15)5-9-12-11(13-16-9)8-3-2-4-17-8/h7-8H,2-6H2,1H3,(H,14,15). The molecule has 94 valence electrons. The summed E-state index contributed by atoms with van der Waals surface area (Å²) < 4.78 is 5.16. The van der Waals surface area contributed by atoms with E-state index in [-0.39, 0.29) is 12.3 Å². The number of nitrogens with zero attached hydrogens (tertiary/aromatic N) is 2. The van der Waals surface area contributed by atoms with Gasteiger partial charge in [0.15, 0.2) is 5.82 Å². The molecular weight excluding hydrogens is 240 g/mol. The second-order valence-electron chi connectivity index (χ2n) is 4.46. The number of hydrogen-bond acceptors (Lipinski definition) is 5. The van der Waals surface area contributed by atoms with Gasteiger partial charge in [-0.1, -0.05) is 12.1 Å². The first-order valence-corrected chi connectivity index (χ1v) is 6.86. The van der Waals surface area contributed by atoms with E-state index in [2.05, 4.69) is 10.1 Å². The van der Waals surface area contributed by atoms with E-state index in [4.69, 9.17) is 9.63 Å². The molecule has 1 fully saturated rings. The normalized spacial score (nSPS) is 21.6. The third-order valence-corrected chi connectivity index (χ3v) is 4.12. The predicted octanol–water partition coefficient (Wildman–Crippen LogP) is 2.29. The maximum Gasteiger partial charge on any atom is 0.303 e. The van der Waals surface area contributed by atoms with Crippen LogP contribution in [0.15, 0.2) is 4.52 Å². The molecule has 1 N–H and O–H groups in total. The van der Waals surface area contributed by atoms with E-state index in [1.807, 2.05) is 18.7 Å². The van der Waals surface area contributed by atoms with Crippen LogP contribution in [0.25, 0.3) is 0 Å². The van der Waals surface area contributed by atoms with Gasteiger partial charge in [-0.2, -0.15) is 16.7 Å². The van der Waals surface area contributed by atoms with Crippen molar-refractivity contribution in [1.82, 2.24) is 10.1 Å². The van der Waals surface area contributed by atoms with Crippen molar-refractivity contribution in [2.75, 3.05) is 5.75 Å². The summed E-state index contributed by atoms with van der Waals surface area (Å²) in [4.78, 5) is 14.9. The van der Waals surface area contributed by atoms with E-state index in [0.717, 1.165) is 18.0 Å². The van der Waals surface area contributed by atoms with E-state index in [1.54, 1.807) is 0 Å². The quantitative estimate of drug-likeness (QED) is 0.871. The molecule has 6 heteroatoms. The molecule has 2 unspecified atom stereocenters. The van der Waals surface area contributed by atoms with Gasteiger partial charge in [-0.05, 0) is 24.5 Å². The fraction of sp³-hybridized carbons (Fsp3) is 0.727. The van der Waals surface area contributed by atoms with Crippen LogP contribution in [0.3, 0.4) is 0 Å². The van der Waals surface area contributed by atoms with Crippen LogP contribution < -0.4 is 0 Å². The monoisotopic (exact) mass is 256 g/mol. The van der Waals surface area contributed by atoms with Crippen LogP contribution >= 0.6 is 11.8 Å². The molecule has 2 heterocycles. The molecule has 1 saturated heterocycles. The number of hydrogen-bond donors (Lipinski definition) is 1. The molecule has 1 aliphatic rings. The van der Waals surface area contributed by atoms with Crippen molar-refractivity contribution >= 4 is 17.7 Å². The minimum absolute atomic E-state index is 0.0250. The Morgan fingerprint density at radius 3 is 3.18 bits per heavy atom. The van der Waals surface area contributed by atoms with Crippen molar-refractivity contribution in [3.05, 3.63) is 11.7 Å². The molecule has 1 aliphatic heterocycles. The first-order valence-electron chi connectivity index (χ1n) is 5.81. The van der Waals surface area contributed by atoms with E-state index in [0.29, 0.717) is 17.6 Å². The first-order chi connectivity index (χ1) is 8.15. The lowest BCUT2D eigenvalue weighted by atomic mass is 10.0. The average Bonchev–Trinajstić information content (AvgIpc) is 2.84. The summed E-state index contributed by atoms with van der Waals surface area (Å²) >= 11 is 1.86. The van der Waals surface area contributed by atoms with Gasteiger partial charge in [0, 0.05) is 12.8 Å². The molecule has 17 heavy (non-hydrogen) atoms. The van der Waals surface area contributed by atoms with Crippen LogP contribution in [-0.4, -0.2) is 27.0 Å². The number of rotatable bonds is 5. The maximum atomic E-state index is 10.5. The lowest BCUT2D eigenvalue weighted by Crippen LogP contribution is -2.07. The molecular formula is C11H16N2O3S. The third-order valence-electron chi connectivity index (χ3n) is 2.75. The minimum atomic E-state index is -0.788. The highest BCUT2D eigenvalue weighted by atomic mass is 32.2. The maximum absolute atomic E-state index is 10.5. The molecule has 0 radical (unpaired) electrons. The second kappa shape index (κ2) is 5.53. The molecule has 1 aromatic heterocycles. The van der Waals surface area contributed by atoms with Crippen molar-refractivity contribution in [2.24, 2.45) is 5.92 Å². The number of aliphatic carboxylic acids is 1. The lowest BCUT2D eigenvalue weighted by Gasteiger charge is -2.03. The van der Waals surface area contributed by atoms with Crippen LogP contribution in [-0.2, 0) is 11.2 Å². The smallest absolute Gasteiger partial charge is 0.303 e. The Morgan fingerprint density at radius 1 is 1.71 bits per heavy atom. The van der Waals surface area contributed by atoms with Gasteiger partial charge in [0.05, 0.1) is 5.25 Å². The van der Waals surface area contributed by atoms with E-state index < -0.39 is 5.97 Å². The molecule has 2 rings (SSSR count). The van der Waals surface area contributed by atoms with Crippen LogP contribution in [0.4, 0.5) is 0 Å². The summed E-state index contributed by atoms with van der Waals surface area (Å²) in [7, 11) is 0. The summed E-state index contributed by atoms with van der Waals surface area (Å²) in [5, 5.41) is 13.0. The Bertz CT molecular complexity index is 388. The highest BCUT2D eigenvalue weighted by Crippen LogP contribution is 2.38. The van der Waals surface area contributed by atoms with Gasteiger partial charge < -0.3 is 9.63 Å². The van der Waals surface area contributed by atoms with Crippen LogP contribution in [0, 0.1) is 5.92 Å². The third kappa shape index (κ3) is 3.46. The van der Waals surface area contributed by atoms with Gasteiger partial charge in [0.2, 0.25) is 5.89 Å². The summed E-state index contributed by atoms with van der Waals surface area (Å²) in [6.45, 7) is 1.88. The van der Waals surface area contributed by atoms with Gasteiger partial charge >= 0.3 is 5.97 Å². The second-order valence-corrected chi connectivity index (χ2v) is 5.77. The van der Waals surface area contributed by atoms with Gasteiger partial charge in [0.1, 0.15) is 0 Å². The van der Waals surface area contributed by atoms with Gasteiger partial charge in [0.25, 0.3) is 0 Å². The summed E-state index contributed by atoms with van der Waals surface area (Å²) in [6.07, 6.45) is 2.98. The fourth-order valence-electron chi connectivity index (χ4n) is 1.93. The Hall–Kier alpha value is -1.04. The number of carboxylic acid groups (broad SMARTS) is 1. The number of aromatic nitrogens is 2. The van der Waals surface area contributed by atoms with E-state index >= 15 is 0 Å². The Balaban J connectivity index is 1.91. The lowest BCUT2D eigenvalue weighted by molar-refractivity contribution is -0.137.